The Kier molecular flexibility index (Phi) is 7.23. The number of pyridine rings is 1. The third-order valence-electron chi connectivity index (χ3n) is 4.55. The van der Waals surface area contributed by atoms with Gasteiger partial charge in [0.05, 0.1) is 22.9 Å². The Balaban J connectivity index is 1.60. The van der Waals surface area contributed by atoms with E-state index < -0.39 is 0 Å². The van der Waals surface area contributed by atoms with Crippen LogP contribution in [-0.2, 0) is 7.05 Å². The Hall–Kier alpha value is -2.71. The van der Waals surface area contributed by atoms with Gasteiger partial charge in [0.1, 0.15) is 5.75 Å². The first-order valence-electron chi connectivity index (χ1n) is 9.73. The van der Waals surface area contributed by atoms with E-state index >= 15 is 0 Å². The van der Waals surface area contributed by atoms with Crippen molar-refractivity contribution >= 4 is 51.6 Å². The largest absolute Gasteiger partial charge is 0.492 e. The lowest BCUT2D eigenvalue weighted by Gasteiger charge is -2.12. The Morgan fingerprint density at radius 1 is 1.30 bits per heavy atom. The molecule has 2 N–H and O–H groups in total. The summed E-state index contributed by atoms with van der Waals surface area (Å²) in [5.41, 5.74) is 2.58. The van der Waals surface area contributed by atoms with Gasteiger partial charge in [0, 0.05) is 24.3 Å². The van der Waals surface area contributed by atoms with Crippen molar-refractivity contribution in [2.24, 2.45) is 7.05 Å². The molecule has 0 bridgehead atoms. The van der Waals surface area contributed by atoms with E-state index in [4.69, 9.17) is 28.6 Å². The average molecular weight is 446 g/mol. The minimum atomic E-state index is -0.355. The molecule has 158 valence electrons. The number of thiocarbonyl (C=S) groups is 1. The zero-order valence-corrected chi connectivity index (χ0v) is 18.7. The maximum Gasteiger partial charge on any atom is 0.259 e. The Labute approximate surface area is 185 Å². The van der Waals surface area contributed by atoms with Crippen molar-refractivity contribution in [1.82, 2.24) is 20.1 Å². The van der Waals surface area contributed by atoms with Crippen LogP contribution in [0.25, 0.3) is 11.0 Å². The highest BCUT2D eigenvalue weighted by Gasteiger charge is 2.13. The molecule has 0 aliphatic rings. The molecule has 0 atom stereocenters. The van der Waals surface area contributed by atoms with Gasteiger partial charge in [0.25, 0.3) is 5.91 Å². The number of carbonyl (C=O) groups is 1. The second-order valence-corrected chi connectivity index (χ2v) is 7.73. The lowest BCUT2D eigenvalue weighted by Crippen LogP contribution is -2.34. The standard InChI is InChI=1S/C21H24ClN5O2S/c1-4-5-6-9-29-18-8-7-15(11-17(18)22)24-21(30)25-20(28)14-10-16-13(2)26-27(3)19(16)23-12-14/h7-8,10-12H,4-6,9H2,1-3H3,(H2,24,25,28,30). The quantitative estimate of drug-likeness (QED) is 0.407. The highest BCUT2D eigenvalue weighted by molar-refractivity contribution is 7.80. The first-order valence-corrected chi connectivity index (χ1v) is 10.5. The monoisotopic (exact) mass is 445 g/mol. The van der Waals surface area contributed by atoms with Crippen molar-refractivity contribution in [3.63, 3.8) is 0 Å². The summed E-state index contributed by atoms with van der Waals surface area (Å²) < 4.78 is 7.37. The second kappa shape index (κ2) is 9.86. The van der Waals surface area contributed by atoms with Gasteiger partial charge in [-0.15, -0.1) is 0 Å². The first-order chi connectivity index (χ1) is 14.4. The molecule has 0 saturated heterocycles. The molecular formula is C21H24ClN5O2S. The Morgan fingerprint density at radius 3 is 2.83 bits per heavy atom. The van der Waals surface area contributed by atoms with Gasteiger partial charge in [-0.25, -0.2) is 4.98 Å². The van der Waals surface area contributed by atoms with Crippen LogP contribution in [0.1, 0.15) is 42.2 Å². The van der Waals surface area contributed by atoms with Crippen LogP contribution < -0.4 is 15.4 Å². The van der Waals surface area contributed by atoms with Crippen LogP contribution in [0, 0.1) is 6.92 Å². The summed E-state index contributed by atoms with van der Waals surface area (Å²) in [6.45, 7) is 4.65. The van der Waals surface area contributed by atoms with E-state index in [0.29, 0.717) is 28.6 Å². The number of aromatic nitrogens is 3. The third-order valence-corrected chi connectivity index (χ3v) is 5.05. The summed E-state index contributed by atoms with van der Waals surface area (Å²) in [6.07, 6.45) is 4.74. The molecule has 0 radical (unpaired) electrons. The molecule has 0 saturated carbocycles. The Morgan fingerprint density at radius 2 is 2.10 bits per heavy atom. The topological polar surface area (TPSA) is 81.1 Å². The fraction of sp³-hybridized carbons (Fsp3) is 0.333. The number of aryl methyl sites for hydroxylation is 2. The zero-order chi connectivity index (χ0) is 21.7. The van der Waals surface area contributed by atoms with Crippen molar-refractivity contribution in [3.05, 3.63) is 46.7 Å². The summed E-state index contributed by atoms with van der Waals surface area (Å²) in [5.74, 6) is 0.270. The molecule has 2 heterocycles. The average Bonchev–Trinajstić information content (AvgIpc) is 3.00. The maximum absolute atomic E-state index is 12.5. The van der Waals surface area contributed by atoms with Crippen LogP contribution in [0.15, 0.2) is 30.5 Å². The van der Waals surface area contributed by atoms with Crippen molar-refractivity contribution in [1.29, 1.82) is 0 Å². The van der Waals surface area contributed by atoms with Crippen LogP contribution in [0.4, 0.5) is 5.69 Å². The van der Waals surface area contributed by atoms with Gasteiger partial charge >= 0.3 is 0 Å². The molecule has 3 aromatic rings. The SMILES string of the molecule is CCCCCOc1ccc(NC(=S)NC(=O)c2cnc3c(c2)c(C)nn3C)cc1Cl. The molecule has 0 fully saturated rings. The molecule has 1 amide bonds. The van der Waals surface area contributed by atoms with E-state index in [-0.39, 0.29) is 11.0 Å². The summed E-state index contributed by atoms with van der Waals surface area (Å²) in [6, 6.07) is 7.04. The van der Waals surface area contributed by atoms with Crippen molar-refractivity contribution in [2.75, 3.05) is 11.9 Å². The number of carbonyl (C=O) groups excluding carboxylic acids is 1. The lowest BCUT2D eigenvalue weighted by atomic mass is 10.2. The molecule has 1 aromatic carbocycles. The van der Waals surface area contributed by atoms with Crippen molar-refractivity contribution in [3.8, 4) is 5.75 Å². The van der Waals surface area contributed by atoms with Crippen LogP contribution in [0.5, 0.6) is 5.75 Å². The van der Waals surface area contributed by atoms with E-state index in [1.165, 1.54) is 6.20 Å². The van der Waals surface area contributed by atoms with Crippen LogP contribution in [0.3, 0.4) is 0 Å². The highest BCUT2D eigenvalue weighted by Crippen LogP contribution is 2.28. The Bertz CT molecular complexity index is 1080. The van der Waals surface area contributed by atoms with E-state index in [2.05, 4.69) is 27.6 Å². The minimum Gasteiger partial charge on any atom is -0.492 e. The molecule has 2 aromatic heterocycles. The van der Waals surface area contributed by atoms with Gasteiger partial charge < -0.3 is 10.1 Å². The predicted octanol–water partition coefficient (Wildman–Crippen LogP) is 4.63. The number of amides is 1. The molecular weight excluding hydrogens is 422 g/mol. The number of halogens is 1. The molecule has 30 heavy (non-hydrogen) atoms. The number of anilines is 1. The summed E-state index contributed by atoms with van der Waals surface area (Å²) in [7, 11) is 1.81. The number of hydrogen-bond acceptors (Lipinski definition) is 5. The number of hydrogen-bond donors (Lipinski definition) is 2. The smallest absolute Gasteiger partial charge is 0.259 e. The predicted molar refractivity (Wildman–Crippen MR) is 123 cm³/mol. The third kappa shape index (κ3) is 5.25. The fourth-order valence-corrected chi connectivity index (χ4v) is 3.45. The molecule has 0 aliphatic carbocycles. The van der Waals surface area contributed by atoms with Crippen molar-refractivity contribution in [2.45, 2.75) is 33.1 Å². The van der Waals surface area contributed by atoms with Gasteiger partial charge in [-0.2, -0.15) is 5.10 Å². The first kappa shape index (κ1) is 22.0. The number of ether oxygens (including phenoxy) is 1. The number of fused-ring (bicyclic) bond motifs is 1. The number of rotatable bonds is 7. The van der Waals surface area contributed by atoms with Crippen molar-refractivity contribution < 1.29 is 9.53 Å². The zero-order valence-electron chi connectivity index (χ0n) is 17.2. The number of unbranched alkanes of at least 4 members (excludes halogenated alkanes) is 2. The highest BCUT2D eigenvalue weighted by atomic mass is 35.5. The van der Waals surface area contributed by atoms with Crippen LogP contribution in [0.2, 0.25) is 5.02 Å². The summed E-state index contributed by atoms with van der Waals surface area (Å²) >= 11 is 11.5. The van der Waals surface area contributed by atoms with Gasteiger partial charge in [-0.05, 0) is 49.8 Å². The normalized spacial score (nSPS) is 10.8. The second-order valence-electron chi connectivity index (χ2n) is 6.91. The molecule has 7 nitrogen and oxygen atoms in total. The minimum absolute atomic E-state index is 0.163. The summed E-state index contributed by atoms with van der Waals surface area (Å²) in [4.78, 5) is 16.9. The van der Waals surface area contributed by atoms with Gasteiger partial charge in [-0.3, -0.25) is 14.8 Å². The molecule has 0 aliphatic heterocycles. The van der Waals surface area contributed by atoms with E-state index in [1.807, 2.05) is 14.0 Å². The molecule has 0 spiro atoms. The van der Waals surface area contributed by atoms with Gasteiger partial charge in [0.2, 0.25) is 0 Å². The number of benzene rings is 1. The molecule has 3 rings (SSSR count). The van der Waals surface area contributed by atoms with Crippen LogP contribution >= 0.6 is 23.8 Å². The van der Waals surface area contributed by atoms with Gasteiger partial charge in [0.15, 0.2) is 10.8 Å². The lowest BCUT2D eigenvalue weighted by molar-refractivity contribution is 0.0977. The fourth-order valence-electron chi connectivity index (χ4n) is 3.00. The summed E-state index contributed by atoms with van der Waals surface area (Å²) in [5, 5.41) is 11.4. The number of nitrogens with zero attached hydrogens (tertiary/aromatic N) is 3. The van der Waals surface area contributed by atoms with E-state index in [1.54, 1.807) is 28.9 Å². The van der Waals surface area contributed by atoms with Crippen LogP contribution in [-0.4, -0.2) is 32.4 Å². The number of nitrogens with one attached hydrogen (secondary N) is 2. The molecule has 9 heteroatoms. The van der Waals surface area contributed by atoms with Gasteiger partial charge in [-0.1, -0.05) is 31.4 Å². The van der Waals surface area contributed by atoms with E-state index in [9.17, 15) is 4.79 Å². The molecule has 0 unspecified atom stereocenters. The maximum atomic E-state index is 12.5. The van der Waals surface area contributed by atoms with E-state index in [0.717, 1.165) is 36.0 Å².